The van der Waals surface area contributed by atoms with Crippen LogP contribution in [0.4, 0.5) is 0 Å². The fourth-order valence-corrected chi connectivity index (χ4v) is 8.74. The zero-order chi connectivity index (χ0) is 27.4. The van der Waals surface area contributed by atoms with Gasteiger partial charge in [0.25, 0.3) is 0 Å². The Bertz CT molecular complexity index is 2440. The first-order chi connectivity index (χ1) is 20.1. The normalized spacial score (nSPS) is 14.3. The standard InChI is InChI=1S/C39H29NS/c1-22-10-4-5-11-25(22)26-13-8-14-27(24(26)3)37-23(2)18-19-35-38(37)32-20-34-31(21-36(32)41-35)30-16-9-15-29-28-12-6-7-17-33(28)40(34)39(29)30/h4,6-10,12-21H,5,11H2,1-3H3. The molecule has 0 saturated heterocycles. The molecular formula is C39H29NS. The summed E-state index contributed by atoms with van der Waals surface area (Å²) in [5, 5.41) is 8.12. The van der Waals surface area contributed by atoms with Crippen molar-refractivity contribution < 1.29 is 0 Å². The smallest absolute Gasteiger partial charge is 0.0620 e. The maximum atomic E-state index is 2.51. The third kappa shape index (κ3) is 3.06. The largest absolute Gasteiger partial charge is 0.308 e. The van der Waals surface area contributed by atoms with Crippen LogP contribution in [0, 0.1) is 13.8 Å². The number of allylic oxidation sites excluding steroid dienone is 4. The highest BCUT2D eigenvalue weighted by Crippen LogP contribution is 2.47. The van der Waals surface area contributed by atoms with Crippen LogP contribution < -0.4 is 0 Å². The molecule has 1 aliphatic carbocycles. The number of hydrogen-bond acceptors (Lipinski definition) is 1. The van der Waals surface area contributed by atoms with Gasteiger partial charge in [0.05, 0.1) is 16.6 Å². The van der Waals surface area contributed by atoms with E-state index in [1.165, 1.54) is 97.2 Å². The summed E-state index contributed by atoms with van der Waals surface area (Å²) < 4.78 is 5.23. The van der Waals surface area contributed by atoms with Crippen molar-refractivity contribution in [1.29, 1.82) is 0 Å². The number of nitrogens with zero attached hydrogens (tertiary/aromatic N) is 1. The number of para-hydroxylation sites is 2. The molecule has 0 N–H and O–H groups in total. The van der Waals surface area contributed by atoms with E-state index in [-0.39, 0.29) is 0 Å². The van der Waals surface area contributed by atoms with Crippen molar-refractivity contribution in [2.24, 2.45) is 0 Å². The van der Waals surface area contributed by atoms with Crippen LogP contribution in [-0.4, -0.2) is 4.40 Å². The highest BCUT2D eigenvalue weighted by atomic mass is 32.1. The number of hydrogen-bond donors (Lipinski definition) is 0. The molecule has 1 nitrogen and oxygen atoms in total. The van der Waals surface area contributed by atoms with Crippen molar-refractivity contribution in [3.05, 3.63) is 119 Å². The van der Waals surface area contributed by atoms with Crippen LogP contribution in [0.2, 0.25) is 0 Å². The Balaban J connectivity index is 1.40. The van der Waals surface area contributed by atoms with Gasteiger partial charge in [-0.2, -0.15) is 0 Å². The average Bonchev–Trinajstić information content (AvgIpc) is 3.63. The third-order valence-electron chi connectivity index (χ3n) is 9.52. The molecule has 41 heavy (non-hydrogen) atoms. The van der Waals surface area contributed by atoms with Gasteiger partial charge in [-0.1, -0.05) is 72.8 Å². The highest BCUT2D eigenvalue weighted by molar-refractivity contribution is 7.26. The Labute approximate surface area is 243 Å². The minimum atomic E-state index is 1.11. The van der Waals surface area contributed by atoms with Crippen LogP contribution in [0.25, 0.3) is 75.0 Å². The number of fused-ring (bicyclic) bond motifs is 9. The van der Waals surface area contributed by atoms with Crippen molar-refractivity contribution in [2.75, 3.05) is 0 Å². The van der Waals surface area contributed by atoms with Crippen molar-refractivity contribution in [2.45, 2.75) is 33.6 Å². The van der Waals surface area contributed by atoms with E-state index in [1.807, 2.05) is 11.3 Å². The number of aryl methyl sites for hydroxylation is 1. The Hall–Kier alpha value is -4.40. The molecule has 0 saturated carbocycles. The maximum absolute atomic E-state index is 2.51. The van der Waals surface area contributed by atoms with Gasteiger partial charge in [-0.15, -0.1) is 11.3 Å². The number of thiophene rings is 1. The topological polar surface area (TPSA) is 4.41 Å². The fraction of sp³-hybridized carbons (Fsp3) is 0.128. The molecule has 0 aliphatic heterocycles. The molecule has 1 aliphatic rings. The third-order valence-corrected chi connectivity index (χ3v) is 10.6. The van der Waals surface area contributed by atoms with E-state index in [1.54, 1.807) is 0 Å². The molecule has 2 heteroatoms. The monoisotopic (exact) mass is 543 g/mol. The van der Waals surface area contributed by atoms with Gasteiger partial charge in [0.2, 0.25) is 0 Å². The van der Waals surface area contributed by atoms with Crippen LogP contribution in [0.15, 0.2) is 103 Å². The van der Waals surface area contributed by atoms with Crippen molar-refractivity contribution in [3.63, 3.8) is 0 Å². The molecule has 0 atom stereocenters. The van der Waals surface area contributed by atoms with Gasteiger partial charge in [0.15, 0.2) is 0 Å². The first-order valence-corrected chi connectivity index (χ1v) is 15.4. The van der Waals surface area contributed by atoms with Crippen LogP contribution in [0.5, 0.6) is 0 Å². The van der Waals surface area contributed by atoms with Crippen LogP contribution in [0.3, 0.4) is 0 Å². The van der Waals surface area contributed by atoms with Gasteiger partial charge in [-0.3, -0.25) is 0 Å². The molecule has 0 unspecified atom stereocenters. The lowest BCUT2D eigenvalue weighted by atomic mass is 9.85. The summed E-state index contributed by atoms with van der Waals surface area (Å²) in [5.74, 6) is 0. The van der Waals surface area contributed by atoms with E-state index in [4.69, 9.17) is 0 Å². The molecule has 3 heterocycles. The lowest BCUT2D eigenvalue weighted by molar-refractivity contribution is 1.03. The molecule has 0 spiro atoms. The van der Waals surface area contributed by atoms with Crippen molar-refractivity contribution in [1.82, 2.24) is 4.40 Å². The molecular weight excluding hydrogens is 515 g/mol. The maximum Gasteiger partial charge on any atom is 0.0620 e. The predicted octanol–water partition coefficient (Wildman–Crippen LogP) is 11.6. The summed E-state index contributed by atoms with van der Waals surface area (Å²) >= 11 is 1.93. The van der Waals surface area contributed by atoms with Crippen LogP contribution >= 0.6 is 11.3 Å². The lowest BCUT2D eigenvalue weighted by Crippen LogP contribution is -1.98. The second-order valence-corrected chi connectivity index (χ2v) is 12.8. The fourth-order valence-electron chi connectivity index (χ4n) is 7.61. The summed E-state index contributed by atoms with van der Waals surface area (Å²) in [4.78, 5) is 0. The highest BCUT2D eigenvalue weighted by Gasteiger charge is 2.21. The van der Waals surface area contributed by atoms with E-state index < -0.39 is 0 Å². The number of benzene rings is 5. The van der Waals surface area contributed by atoms with Gasteiger partial charge in [-0.25, -0.2) is 0 Å². The lowest BCUT2D eigenvalue weighted by Gasteiger charge is -2.19. The van der Waals surface area contributed by atoms with Gasteiger partial charge in [0.1, 0.15) is 0 Å². The molecule has 0 fully saturated rings. The molecule has 0 radical (unpaired) electrons. The second-order valence-electron chi connectivity index (χ2n) is 11.7. The van der Waals surface area contributed by atoms with E-state index >= 15 is 0 Å². The van der Waals surface area contributed by atoms with Gasteiger partial charge >= 0.3 is 0 Å². The number of aromatic nitrogens is 1. The molecule has 5 aromatic carbocycles. The summed E-state index contributed by atoms with van der Waals surface area (Å²) in [6.45, 7) is 6.87. The minimum absolute atomic E-state index is 1.11. The van der Waals surface area contributed by atoms with Crippen molar-refractivity contribution in [3.8, 4) is 11.1 Å². The SMILES string of the molecule is CC1=C(c2cccc(-c3c(C)ccc4sc5cc6c7cccc8c9ccccc9n(c6cc5c34)c87)c2C)CCC=C1. The number of rotatable bonds is 2. The Morgan fingerprint density at radius 2 is 1.44 bits per heavy atom. The zero-order valence-electron chi connectivity index (χ0n) is 23.5. The second kappa shape index (κ2) is 8.31. The summed E-state index contributed by atoms with van der Waals surface area (Å²) in [6, 6.07) is 32.2. The Morgan fingerprint density at radius 1 is 0.659 bits per heavy atom. The molecule has 0 bridgehead atoms. The quantitative estimate of drug-likeness (QED) is 0.204. The van der Waals surface area contributed by atoms with Crippen LogP contribution in [-0.2, 0) is 0 Å². The van der Waals surface area contributed by atoms with E-state index in [9.17, 15) is 0 Å². The predicted molar refractivity (Wildman–Crippen MR) is 180 cm³/mol. The Morgan fingerprint density at radius 3 is 2.32 bits per heavy atom. The van der Waals surface area contributed by atoms with Gasteiger partial charge in [-0.05, 0) is 96.8 Å². The summed E-state index contributed by atoms with van der Waals surface area (Å²) in [5.41, 5.74) is 13.7. The van der Waals surface area contributed by atoms with Gasteiger partial charge in [0, 0.05) is 41.7 Å². The van der Waals surface area contributed by atoms with Crippen molar-refractivity contribution >= 4 is 75.2 Å². The first-order valence-electron chi connectivity index (χ1n) is 14.6. The molecule has 0 amide bonds. The van der Waals surface area contributed by atoms with Gasteiger partial charge < -0.3 is 4.40 Å². The molecule has 9 rings (SSSR count). The zero-order valence-corrected chi connectivity index (χ0v) is 24.3. The summed E-state index contributed by atoms with van der Waals surface area (Å²) in [7, 11) is 0. The van der Waals surface area contributed by atoms with E-state index in [2.05, 4.69) is 122 Å². The first kappa shape index (κ1) is 23.3. The average molecular weight is 544 g/mol. The minimum Gasteiger partial charge on any atom is -0.308 e. The van der Waals surface area contributed by atoms with E-state index in [0.717, 1.165) is 12.8 Å². The van der Waals surface area contributed by atoms with E-state index in [0.29, 0.717) is 0 Å². The van der Waals surface area contributed by atoms with Crippen LogP contribution in [0.1, 0.15) is 36.5 Å². The Kier molecular flexibility index (Phi) is 4.73. The summed E-state index contributed by atoms with van der Waals surface area (Å²) in [6.07, 6.45) is 6.83. The molecule has 3 aromatic heterocycles. The molecule has 8 aromatic rings. The molecule has 196 valence electrons.